The van der Waals surface area contributed by atoms with E-state index in [0.29, 0.717) is 42.4 Å². The third-order valence-electron chi connectivity index (χ3n) is 5.72. The minimum absolute atomic E-state index is 0.0882. The normalized spacial score (nSPS) is 17.8. The molecule has 2 aliphatic heterocycles. The maximum Gasteiger partial charge on any atom is 0.260 e. The molecule has 0 fully saturated rings. The van der Waals surface area contributed by atoms with Crippen molar-refractivity contribution >= 4 is 41.5 Å². The molecular formula is C24H34BrN2O5Si. The van der Waals surface area contributed by atoms with Crippen LogP contribution in [0.25, 0.3) is 0 Å². The summed E-state index contributed by atoms with van der Waals surface area (Å²) in [5.74, 6) is 0.567. The SMILES string of the molecule is COc1cc2c(cc1OCCCCCBr)N(COCC[Si](C)(C)C)C(=O)[C@@H]1C[C]=CN1C2=O. The number of ether oxygens (including phenoxy) is 3. The molecule has 3 rings (SSSR count). The van der Waals surface area contributed by atoms with Crippen LogP contribution in [0.4, 0.5) is 5.69 Å². The molecule has 1 radical (unpaired) electrons. The van der Waals surface area contributed by atoms with Gasteiger partial charge in [0.05, 0.1) is 25.0 Å². The number of unbranched alkanes of at least 4 members (excludes halogenated alkanes) is 2. The second-order valence-corrected chi connectivity index (χ2v) is 15.9. The number of alkyl halides is 1. The Labute approximate surface area is 206 Å². The van der Waals surface area contributed by atoms with Crippen molar-refractivity contribution in [3.8, 4) is 11.5 Å². The first-order chi connectivity index (χ1) is 15.8. The minimum atomic E-state index is -1.27. The van der Waals surface area contributed by atoms with Crippen molar-refractivity contribution in [3.63, 3.8) is 0 Å². The smallest absolute Gasteiger partial charge is 0.260 e. The van der Waals surface area contributed by atoms with Crippen LogP contribution in [0.5, 0.6) is 11.5 Å². The number of anilines is 1. The largest absolute Gasteiger partial charge is 0.493 e. The molecule has 0 N–H and O–H groups in total. The van der Waals surface area contributed by atoms with Crippen LogP contribution in [0, 0.1) is 6.08 Å². The van der Waals surface area contributed by atoms with E-state index in [-0.39, 0.29) is 18.5 Å². The standard InChI is InChI=1S/C24H34BrN2O5Si/c1-30-21-15-18-20(16-22(21)32-12-7-5-6-10-25)27(17-31-13-14-33(2,3)4)24(29)19-9-8-11-26(19)23(18)28/h11,15-16,19H,5-7,9-10,12-14,17H2,1-4H3/t19-/m0/s1. The predicted octanol–water partition coefficient (Wildman–Crippen LogP) is 4.83. The molecule has 0 unspecified atom stereocenters. The van der Waals surface area contributed by atoms with Crippen molar-refractivity contribution in [1.29, 1.82) is 0 Å². The van der Waals surface area contributed by atoms with Gasteiger partial charge in [-0.05, 0) is 37.4 Å². The number of hydrogen-bond donors (Lipinski definition) is 0. The topological polar surface area (TPSA) is 68.3 Å². The Hall–Kier alpha value is -1.84. The van der Waals surface area contributed by atoms with Gasteiger partial charge in [-0.3, -0.25) is 14.5 Å². The fourth-order valence-corrected chi connectivity index (χ4v) is 4.89. The summed E-state index contributed by atoms with van der Waals surface area (Å²) in [6.45, 7) is 8.05. The van der Waals surface area contributed by atoms with Crippen LogP contribution in [-0.4, -0.2) is 63.2 Å². The zero-order valence-electron chi connectivity index (χ0n) is 20.0. The summed E-state index contributed by atoms with van der Waals surface area (Å²) < 4.78 is 17.5. The van der Waals surface area contributed by atoms with Gasteiger partial charge in [-0.2, -0.15) is 0 Å². The number of amides is 2. The molecule has 1 aromatic carbocycles. The molecule has 0 aromatic heterocycles. The van der Waals surface area contributed by atoms with Crippen LogP contribution in [0.2, 0.25) is 25.7 Å². The molecule has 9 heteroatoms. The van der Waals surface area contributed by atoms with E-state index in [0.717, 1.165) is 30.6 Å². The molecule has 2 aliphatic rings. The number of methoxy groups -OCH3 is 1. The molecule has 0 saturated heterocycles. The molecule has 7 nitrogen and oxygen atoms in total. The zero-order valence-corrected chi connectivity index (χ0v) is 22.6. The lowest BCUT2D eigenvalue weighted by Gasteiger charge is -2.26. The number of nitrogens with zero attached hydrogens (tertiary/aromatic N) is 2. The van der Waals surface area contributed by atoms with E-state index >= 15 is 0 Å². The molecule has 0 bridgehead atoms. The maximum absolute atomic E-state index is 13.4. The number of halogens is 1. The molecule has 0 aliphatic carbocycles. The maximum atomic E-state index is 13.4. The molecule has 0 spiro atoms. The third kappa shape index (κ3) is 6.39. The summed E-state index contributed by atoms with van der Waals surface area (Å²) in [6.07, 6.45) is 8.00. The monoisotopic (exact) mass is 537 g/mol. The van der Waals surface area contributed by atoms with E-state index in [4.69, 9.17) is 14.2 Å². The molecule has 2 amide bonds. The molecule has 2 heterocycles. The third-order valence-corrected chi connectivity index (χ3v) is 7.98. The Morgan fingerprint density at radius 1 is 1.12 bits per heavy atom. The predicted molar refractivity (Wildman–Crippen MR) is 135 cm³/mol. The number of rotatable bonds is 12. The lowest BCUT2D eigenvalue weighted by molar-refractivity contribution is -0.123. The van der Waals surface area contributed by atoms with E-state index in [1.54, 1.807) is 30.3 Å². The summed E-state index contributed by atoms with van der Waals surface area (Å²) in [5, 5.41) is 0.968. The van der Waals surface area contributed by atoms with Crippen LogP contribution in [0.1, 0.15) is 36.0 Å². The molecule has 181 valence electrons. The average Bonchev–Trinajstić information content (AvgIpc) is 3.24. The Morgan fingerprint density at radius 3 is 2.61 bits per heavy atom. The molecule has 1 aromatic rings. The van der Waals surface area contributed by atoms with Crippen LogP contribution in [0.3, 0.4) is 0 Å². The Balaban J connectivity index is 1.89. The second kappa shape index (κ2) is 11.5. The lowest BCUT2D eigenvalue weighted by Crippen LogP contribution is -2.45. The minimum Gasteiger partial charge on any atom is -0.493 e. The summed E-state index contributed by atoms with van der Waals surface area (Å²) in [5.41, 5.74) is 0.889. The molecule has 0 saturated carbocycles. The van der Waals surface area contributed by atoms with E-state index < -0.39 is 14.1 Å². The van der Waals surface area contributed by atoms with Crippen LogP contribution in [0.15, 0.2) is 18.3 Å². The van der Waals surface area contributed by atoms with Crippen LogP contribution >= 0.6 is 15.9 Å². The van der Waals surface area contributed by atoms with Gasteiger partial charge in [0.25, 0.3) is 11.8 Å². The summed E-state index contributed by atoms with van der Waals surface area (Å²) in [4.78, 5) is 29.8. The lowest BCUT2D eigenvalue weighted by atomic mass is 10.1. The van der Waals surface area contributed by atoms with Gasteiger partial charge in [-0.15, -0.1) is 0 Å². The van der Waals surface area contributed by atoms with Crippen molar-refractivity contribution in [2.75, 3.05) is 37.3 Å². The number of carbonyl (C=O) groups excluding carboxylic acids is 2. The van der Waals surface area contributed by atoms with Gasteiger partial charge in [0.15, 0.2) is 11.5 Å². The van der Waals surface area contributed by atoms with Gasteiger partial charge >= 0.3 is 0 Å². The highest BCUT2D eigenvalue weighted by Gasteiger charge is 2.41. The first kappa shape index (κ1) is 25.8. The number of fused-ring (bicyclic) bond motifs is 2. The van der Waals surface area contributed by atoms with Crippen molar-refractivity contribution in [1.82, 2.24) is 4.90 Å². The van der Waals surface area contributed by atoms with Crippen LogP contribution in [-0.2, 0) is 9.53 Å². The van der Waals surface area contributed by atoms with E-state index in [1.807, 2.05) is 0 Å². The first-order valence-electron chi connectivity index (χ1n) is 11.5. The zero-order chi connectivity index (χ0) is 24.0. The number of carbonyl (C=O) groups is 2. The molecule has 33 heavy (non-hydrogen) atoms. The van der Waals surface area contributed by atoms with Crippen molar-refractivity contribution < 1.29 is 23.8 Å². The summed E-state index contributed by atoms with van der Waals surface area (Å²) in [7, 11) is 0.285. The number of hydrogen-bond acceptors (Lipinski definition) is 5. The summed E-state index contributed by atoms with van der Waals surface area (Å²) in [6, 6.07) is 3.80. The summed E-state index contributed by atoms with van der Waals surface area (Å²) >= 11 is 3.44. The van der Waals surface area contributed by atoms with Gasteiger partial charge in [-0.25, -0.2) is 0 Å². The highest BCUT2D eigenvalue weighted by Crippen LogP contribution is 2.39. The molecular weight excluding hydrogens is 504 g/mol. The fraction of sp³-hybridized carbons (Fsp3) is 0.583. The van der Waals surface area contributed by atoms with Gasteiger partial charge in [-0.1, -0.05) is 35.6 Å². The highest BCUT2D eigenvalue weighted by molar-refractivity contribution is 9.09. The van der Waals surface area contributed by atoms with E-state index in [1.165, 1.54) is 4.90 Å². The molecule has 1 atom stereocenters. The first-order valence-corrected chi connectivity index (χ1v) is 16.3. The quantitative estimate of drug-likeness (QED) is 0.217. The second-order valence-electron chi connectivity index (χ2n) is 9.50. The Morgan fingerprint density at radius 2 is 1.91 bits per heavy atom. The average molecular weight is 539 g/mol. The van der Waals surface area contributed by atoms with Crippen LogP contribution < -0.4 is 14.4 Å². The Kier molecular flexibility index (Phi) is 9.00. The van der Waals surface area contributed by atoms with Gasteiger partial charge < -0.3 is 19.1 Å². The van der Waals surface area contributed by atoms with Gasteiger partial charge in [0.2, 0.25) is 0 Å². The highest BCUT2D eigenvalue weighted by atomic mass is 79.9. The van der Waals surface area contributed by atoms with E-state index in [9.17, 15) is 9.59 Å². The van der Waals surface area contributed by atoms with Gasteiger partial charge in [0.1, 0.15) is 12.8 Å². The fourth-order valence-electron chi connectivity index (χ4n) is 3.73. The number of benzene rings is 1. The van der Waals surface area contributed by atoms with Crippen molar-refractivity contribution in [3.05, 3.63) is 30.0 Å². The van der Waals surface area contributed by atoms with Gasteiger partial charge in [0, 0.05) is 38.7 Å². The van der Waals surface area contributed by atoms with Crippen molar-refractivity contribution in [2.24, 2.45) is 0 Å². The Bertz CT molecular complexity index is 886. The van der Waals surface area contributed by atoms with Crippen molar-refractivity contribution in [2.45, 2.75) is 57.4 Å². The van der Waals surface area contributed by atoms with E-state index in [2.05, 4.69) is 41.6 Å².